The number of alkyl halides is 4. The molecule has 1 saturated carbocycles. The fraction of sp³-hybridized carbons (Fsp3) is 0.667. The SMILES string of the molecule is CCC1CCC(c2cc(F)c3c(c2)CCC(F)(F)C3(F)F)CC1. The van der Waals surface area contributed by atoms with Crippen LogP contribution in [0.1, 0.15) is 68.1 Å². The number of hydrogen-bond acceptors (Lipinski definition) is 0. The smallest absolute Gasteiger partial charge is 0.206 e. The van der Waals surface area contributed by atoms with Gasteiger partial charge in [-0.3, -0.25) is 0 Å². The average molecular weight is 332 g/mol. The van der Waals surface area contributed by atoms with Crippen molar-refractivity contribution in [3.05, 3.63) is 34.6 Å². The van der Waals surface area contributed by atoms with Crippen molar-refractivity contribution >= 4 is 0 Å². The maximum atomic E-state index is 14.3. The molecule has 2 aliphatic carbocycles. The molecule has 0 N–H and O–H groups in total. The normalized spacial score (nSPS) is 29.1. The minimum atomic E-state index is -4.43. The van der Waals surface area contributed by atoms with E-state index in [9.17, 15) is 22.0 Å². The van der Waals surface area contributed by atoms with Crippen molar-refractivity contribution < 1.29 is 22.0 Å². The molecule has 0 nitrogen and oxygen atoms in total. The van der Waals surface area contributed by atoms with Crippen molar-refractivity contribution in [3.63, 3.8) is 0 Å². The highest BCUT2D eigenvalue weighted by molar-refractivity contribution is 5.41. The van der Waals surface area contributed by atoms with Crippen LogP contribution in [-0.4, -0.2) is 5.92 Å². The van der Waals surface area contributed by atoms with Gasteiger partial charge in [0.1, 0.15) is 5.82 Å². The van der Waals surface area contributed by atoms with Crippen molar-refractivity contribution in [1.29, 1.82) is 0 Å². The van der Waals surface area contributed by atoms with E-state index >= 15 is 0 Å². The number of aryl methyl sites for hydroxylation is 1. The first-order valence-electron chi connectivity index (χ1n) is 8.34. The third-order valence-corrected chi connectivity index (χ3v) is 5.57. The van der Waals surface area contributed by atoms with Gasteiger partial charge >= 0.3 is 11.8 Å². The molecular formula is C18H21F5. The molecule has 0 spiro atoms. The standard InChI is InChI=1S/C18H21F5/c1-2-11-3-5-12(6-4-11)14-9-13-7-8-17(20,21)18(22,23)16(13)15(19)10-14/h9-12H,2-8H2,1H3. The lowest BCUT2D eigenvalue weighted by atomic mass is 9.76. The first-order chi connectivity index (χ1) is 10.8. The van der Waals surface area contributed by atoms with Crippen LogP contribution in [0, 0.1) is 11.7 Å². The molecule has 0 radical (unpaired) electrons. The molecule has 128 valence electrons. The van der Waals surface area contributed by atoms with Crippen LogP contribution >= 0.6 is 0 Å². The van der Waals surface area contributed by atoms with Crippen LogP contribution in [0.3, 0.4) is 0 Å². The number of benzene rings is 1. The molecule has 0 aliphatic heterocycles. The summed E-state index contributed by atoms with van der Waals surface area (Å²) in [6.07, 6.45) is 3.90. The van der Waals surface area contributed by atoms with Gasteiger partial charge in [-0.1, -0.05) is 19.4 Å². The van der Waals surface area contributed by atoms with Crippen molar-refractivity contribution in [1.82, 2.24) is 0 Å². The predicted molar refractivity (Wildman–Crippen MR) is 78.6 cm³/mol. The fourth-order valence-corrected chi connectivity index (χ4v) is 4.01. The van der Waals surface area contributed by atoms with Crippen molar-refractivity contribution in [2.75, 3.05) is 0 Å². The number of fused-ring (bicyclic) bond motifs is 1. The van der Waals surface area contributed by atoms with Crippen molar-refractivity contribution in [2.24, 2.45) is 5.92 Å². The highest BCUT2D eigenvalue weighted by Gasteiger charge is 2.61. The molecule has 1 fully saturated rings. The molecule has 23 heavy (non-hydrogen) atoms. The summed E-state index contributed by atoms with van der Waals surface area (Å²) in [6, 6.07) is 2.60. The van der Waals surface area contributed by atoms with Crippen LogP contribution in [0.2, 0.25) is 0 Å². The summed E-state index contributed by atoms with van der Waals surface area (Å²) in [7, 11) is 0. The van der Waals surface area contributed by atoms with Gasteiger partial charge in [0.15, 0.2) is 0 Å². The second-order valence-electron chi connectivity index (χ2n) is 6.94. The second kappa shape index (κ2) is 5.75. The molecule has 0 bridgehead atoms. The number of hydrogen-bond donors (Lipinski definition) is 0. The van der Waals surface area contributed by atoms with Gasteiger partial charge in [0, 0.05) is 6.42 Å². The van der Waals surface area contributed by atoms with Crippen molar-refractivity contribution in [2.45, 2.75) is 69.6 Å². The van der Waals surface area contributed by atoms with Gasteiger partial charge in [-0.05, 0) is 61.1 Å². The number of halogens is 5. The van der Waals surface area contributed by atoms with E-state index in [0.29, 0.717) is 11.5 Å². The quantitative estimate of drug-likeness (QED) is 0.567. The van der Waals surface area contributed by atoms with Crippen LogP contribution in [0.4, 0.5) is 22.0 Å². The molecule has 5 heteroatoms. The summed E-state index contributed by atoms with van der Waals surface area (Å²) in [5, 5.41) is 0. The fourth-order valence-electron chi connectivity index (χ4n) is 4.01. The van der Waals surface area contributed by atoms with Gasteiger partial charge in [-0.15, -0.1) is 0 Å². The van der Waals surface area contributed by atoms with Crippen LogP contribution in [0.5, 0.6) is 0 Å². The molecule has 1 aromatic carbocycles. The van der Waals surface area contributed by atoms with Gasteiger partial charge in [0.05, 0.1) is 5.56 Å². The first-order valence-corrected chi connectivity index (χ1v) is 8.34. The van der Waals surface area contributed by atoms with Gasteiger partial charge in [-0.2, -0.15) is 17.6 Å². The zero-order chi connectivity index (χ0) is 16.8. The first kappa shape index (κ1) is 16.7. The Morgan fingerprint density at radius 2 is 1.70 bits per heavy atom. The lowest BCUT2D eigenvalue weighted by Crippen LogP contribution is -2.43. The molecule has 0 atom stereocenters. The van der Waals surface area contributed by atoms with E-state index in [1.165, 1.54) is 0 Å². The van der Waals surface area contributed by atoms with Crippen molar-refractivity contribution in [3.8, 4) is 0 Å². The Hall–Kier alpha value is -1.13. The summed E-state index contributed by atoms with van der Waals surface area (Å²) in [4.78, 5) is 0. The van der Waals surface area contributed by atoms with Gasteiger partial charge < -0.3 is 0 Å². The monoisotopic (exact) mass is 332 g/mol. The second-order valence-corrected chi connectivity index (χ2v) is 6.94. The molecule has 3 rings (SSSR count). The molecule has 1 aromatic rings. The molecule has 0 amide bonds. The van der Waals surface area contributed by atoms with Crippen LogP contribution in [0.25, 0.3) is 0 Å². The third kappa shape index (κ3) is 2.76. The average Bonchev–Trinajstić information content (AvgIpc) is 2.51. The lowest BCUT2D eigenvalue weighted by Gasteiger charge is -2.34. The molecular weight excluding hydrogens is 311 g/mol. The topological polar surface area (TPSA) is 0 Å². The Morgan fingerprint density at radius 3 is 2.30 bits per heavy atom. The largest absolute Gasteiger partial charge is 0.338 e. The Bertz CT molecular complexity index is 585. The van der Waals surface area contributed by atoms with E-state index < -0.39 is 29.6 Å². The highest BCUT2D eigenvalue weighted by Crippen LogP contribution is 2.51. The summed E-state index contributed by atoms with van der Waals surface area (Å²) in [6.45, 7) is 2.14. The molecule has 0 saturated heterocycles. The molecule has 0 heterocycles. The van der Waals surface area contributed by atoms with Crippen LogP contribution < -0.4 is 0 Å². The Morgan fingerprint density at radius 1 is 1.04 bits per heavy atom. The summed E-state index contributed by atoms with van der Waals surface area (Å²) < 4.78 is 69.0. The van der Waals surface area contributed by atoms with E-state index in [1.807, 2.05) is 0 Å². The van der Waals surface area contributed by atoms with Gasteiger partial charge in [-0.25, -0.2) is 4.39 Å². The minimum absolute atomic E-state index is 0.0496. The van der Waals surface area contributed by atoms with E-state index in [-0.39, 0.29) is 17.9 Å². The molecule has 0 aromatic heterocycles. The number of rotatable bonds is 2. The highest BCUT2D eigenvalue weighted by atomic mass is 19.3. The zero-order valence-electron chi connectivity index (χ0n) is 13.1. The Kier molecular flexibility index (Phi) is 4.18. The zero-order valence-corrected chi connectivity index (χ0v) is 13.1. The molecule has 2 aliphatic rings. The van der Waals surface area contributed by atoms with E-state index in [2.05, 4.69) is 6.92 Å². The lowest BCUT2D eigenvalue weighted by molar-refractivity contribution is -0.226. The Labute approximate surface area is 133 Å². The van der Waals surface area contributed by atoms with Gasteiger partial charge in [0.2, 0.25) is 0 Å². The maximum Gasteiger partial charge on any atom is 0.338 e. The minimum Gasteiger partial charge on any atom is -0.206 e. The summed E-state index contributed by atoms with van der Waals surface area (Å²) in [5.41, 5.74) is -0.356. The van der Waals surface area contributed by atoms with Crippen LogP contribution in [0.15, 0.2) is 12.1 Å². The predicted octanol–water partition coefficient (Wildman–Crippen LogP) is 6.18. The van der Waals surface area contributed by atoms with Crippen LogP contribution in [-0.2, 0) is 12.3 Å². The molecule has 0 unspecified atom stereocenters. The Balaban J connectivity index is 1.92. The van der Waals surface area contributed by atoms with E-state index in [0.717, 1.165) is 38.2 Å². The van der Waals surface area contributed by atoms with E-state index in [1.54, 1.807) is 6.07 Å². The third-order valence-electron chi connectivity index (χ3n) is 5.57. The summed E-state index contributed by atoms with van der Waals surface area (Å²) in [5.74, 6) is -8.96. The maximum absolute atomic E-state index is 14.3. The van der Waals surface area contributed by atoms with E-state index in [4.69, 9.17) is 0 Å². The summed E-state index contributed by atoms with van der Waals surface area (Å²) >= 11 is 0. The van der Waals surface area contributed by atoms with Gasteiger partial charge in [0.25, 0.3) is 0 Å².